The second-order valence-electron chi connectivity index (χ2n) is 6.43. The van der Waals surface area contributed by atoms with E-state index in [0.29, 0.717) is 24.1 Å². The summed E-state index contributed by atoms with van der Waals surface area (Å²) in [7, 11) is 0. The second kappa shape index (κ2) is 7.99. The van der Waals surface area contributed by atoms with Crippen molar-refractivity contribution in [2.24, 2.45) is 0 Å². The van der Waals surface area contributed by atoms with Gasteiger partial charge in [-0.2, -0.15) is 0 Å². The Bertz CT molecular complexity index is 818. The maximum absolute atomic E-state index is 13.6. The van der Waals surface area contributed by atoms with Crippen molar-refractivity contribution in [1.82, 2.24) is 0 Å². The molecule has 1 saturated carbocycles. The van der Waals surface area contributed by atoms with Gasteiger partial charge in [0.25, 0.3) is 5.91 Å². The Balaban J connectivity index is 1.66. The molecule has 0 saturated heterocycles. The number of anilines is 1. The zero-order valence-electron chi connectivity index (χ0n) is 14.1. The molecular weight excluding hydrogens is 401 g/mol. The molecule has 3 rings (SSSR count). The fourth-order valence-corrected chi connectivity index (χ4v) is 3.81. The Kier molecular flexibility index (Phi) is 5.71. The van der Waals surface area contributed by atoms with Gasteiger partial charge in [0.2, 0.25) is 0 Å². The van der Waals surface area contributed by atoms with Gasteiger partial charge in [0.05, 0.1) is 5.41 Å². The van der Waals surface area contributed by atoms with Gasteiger partial charge in [0.15, 0.2) is 6.61 Å². The number of hydrogen-bond donors (Lipinski definition) is 1. The van der Waals surface area contributed by atoms with Crippen LogP contribution in [0.15, 0.2) is 53.0 Å². The number of amides is 1. The molecule has 4 nitrogen and oxygen atoms in total. The van der Waals surface area contributed by atoms with Crippen LogP contribution in [0.1, 0.15) is 31.2 Å². The van der Waals surface area contributed by atoms with E-state index in [1.165, 1.54) is 12.1 Å². The molecule has 0 bridgehead atoms. The lowest BCUT2D eigenvalue weighted by molar-refractivity contribution is -0.153. The third-order valence-corrected chi connectivity index (χ3v) is 5.16. The van der Waals surface area contributed by atoms with Crippen molar-refractivity contribution in [3.05, 3.63) is 64.4 Å². The van der Waals surface area contributed by atoms with E-state index in [4.69, 9.17) is 4.74 Å². The number of ether oxygens (including phenoxy) is 1. The molecule has 0 unspecified atom stereocenters. The SMILES string of the molecule is O=C(COC(=O)C1(c2cccc(F)c2)CCCC1)Nc1cccc(Br)c1. The number of nitrogens with one attached hydrogen (secondary N) is 1. The van der Waals surface area contributed by atoms with Crippen molar-refractivity contribution in [2.45, 2.75) is 31.1 Å². The summed E-state index contributed by atoms with van der Waals surface area (Å²) in [6.07, 6.45) is 2.94. The molecule has 0 radical (unpaired) electrons. The first kappa shape index (κ1) is 18.6. The predicted octanol–water partition coefficient (Wildman–Crippen LogP) is 4.58. The third kappa shape index (κ3) is 4.12. The van der Waals surface area contributed by atoms with E-state index in [1.807, 2.05) is 6.07 Å². The fraction of sp³-hybridized carbons (Fsp3) is 0.300. The molecule has 1 aliphatic carbocycles. The quantitative estimate of drug-likeness (QED) is 0.721. The molecule has 2 aromatic carbocycles. The monoisotopic (exact) mass is 419 g/mol. The van der Waals surface area contributed by atoms with Crippen LogP contribution in [0.4, 0.5) is 10.1 Å². The van der Waals surface area contributed by atoms with Crippen LogP contribution in [0.25, 0.3) is 0 Å². The number of rotatable bonds is 5. The molecule has 26 heavy (non-hydrogen) atoms. The van der Waals surface area contributed by atoms with Crippen molar-refractivity contribution < 1.29 is 18.7 Å². The summed E-state index contributed by atoms with van der Waals surface area (Å²) in [6, 6.07) is 13.2. The summed E-state index contributed by atoms with van der Waals surface area (Å²) >= 11 is 3.33. The lowest BCUT2D eigenvalue weighted by Gasteiger charge is -2.27. The molecule has 1 amide bonds. The highest BCUT2D eigenvalue weighted by Gasteiger charge is 2.44. The second-order valence-corrected chi connectivity index (χ2v) is 7.35. The fourth-order valence-electron chi connectivity index (χ4n) is 3.41. The Morgan fingerprint density at radius 3 is 2.54 bits per heavy atom. The maximum atomic E-state index is 13.6. The van der Waals surface area contributed by atoms with Crippen LogP contribution in [-0.4, -0.2) is 18.5 Å². The molecule has 136 valence electrons. The Labute approximate surface area is 159 Å². The van der Waals surface area contributed by atoms with Crippen LogP contribution < -0.4 is 5.32 Å². The summed E-state index contributed by atoms with van der Waals surface area (Å²) in [6.45, 7) is -0.373. The minimum absolute atomic E-state index is 0.373. The predicted molar refractivity (Wildman–Crippen MR) is 100 cm³/mol. The highest BCUT2D eigenvalue weighted by Crippen LogP contribution is 2.42. The van der Waals surface area contributed by atoms with Gasteiger partial charge >= 0.3 is 5.97 Å². The molecule has 0 spiro atoms. The standard InChI is InChI=1S/C20H19BrFNO3/c21-15-6-4-8-17(12-15)23-18(24)13-26-19(25)20(9-1-2-10-20)14-5-3-7-16(22)11-14/h3-8,11-12H,1-2,9-10,13H2,(H,23,24). The zero-order valence-corrected chi connectivity index (χ0v) is 15.7. The number of esters is 1. The number of carbonyl (C=O) groups is 2. The third-order valence-electron chi connectivity index (χ3n) is 4.67. The highest BCUT2D eigenvalue weighted by molar-refractivity contribution is 9.10. The first-order valence-corrected chi connectivity index (χ1v) is 9.28. The van der Waals surface area contributed by atoms with Gasteiger partial charge in [0.1, 0.15) is 5.82 Å². The van der Waals surface area contributed by atoms with Gasteiger partial charge in [-0.1, -0.05) is 47.0 Å². The molecule has 1 N–H and O–H groups in total. The molecule has 2 aromatic rings. The molecule has 0 aliphatic heterocycles. The molecule has 0 aromatic heterocycles. The Morgan fingerprint density at radius 2 is 1.85 bits per heavy atom. The molecule has 0 heterocycles. The number of benzene rings is 2. The van der Waals surface area contributed by atoms with Gasteiger partial charge in [-0.05, 0) is 48.7 Å². The average Bonchev–Trinajstić information content (AvgIpc) is 3.11. The molecule has 0 atom stereocenters. The van der Waals surface area contributed by atoms with Crippen LogP contribution >= 0.6 is 15.9 Å². The maximum Gasteiger partial charge on any atom is 0.317 e. The van der Waals surface area contributed by atoms with E-state index in [0.717, 1.165) is 17.3 Å². The van der Waals surface area contributed by atoms with E-state index in [2.05, 4.69) is 21.2 Å². The molecule has 1 fully saturated rings. The molecular formula is C20H19BrFNO3. The topological polar surface area (TPSA) is 55.4 Å². The minimum atomic E-state index is -0.863. The van der Waals surface area contributed by atoms with Crippen molar-refractivity contribution in [3.63, 3.8) is 0 Å². The minimum Gasteiger partial charge on any atom is -0.455 e. The normalized spacial score (nSPS) is 15.5. The van der Waals surface area contributed by atoms with Gasteiger partial charge in [-0.25, -0.2) is 4.39 Å². The van der Waals surface area contributed by atoms with Crippen molar-refractivity contribution >= 4 is 33.5 Å². The largest absolute Gasteiger partial charge is 0.455 e. The number of halogens is 2. The van der Waals surface area contributed by atoms with Crippen LogP contribution in [0.2, 0.25) is 0 Å². The summed E-state index contributed by atoms with van der Waals surface area (Å²) < 4.78 is 19.8. The summed E-state index contributed by atoms with van der Waals surface area (Å²) in [5.74, 6) is -1.26. The average molecular weight is 420 g/mol. The molecule has 6 heteroatoms. The van der Waals surface area contributed by atoms with Gasteiger partial charge < -0.3 is 10.1 Å². The number of carbonyl (C=O) groups excluding carboxylic acids is 2. The molecule has 1 aliphatic rings. The van der Waals surface area contributed by atoms with E-state index < -0.39 is 17.3 Å². The van der Waals surface area contributed by atoms with E-state index >= 15 is 0 Å². The van der Waals surface area contributed by atoms with E-state index in [9.17, 15) is 14.0 Å². The van der Waals surface area contributed by atoms with Crippen LogP contribution in [-0.2, 0) is 19.7 Å². The smallest absolute Gasteiger partial charge is 0.317 e. The van der Waals surface area contributed by atoms with Gasteiger partial charge in [-0.3, -0.25) is 9.59 Å². The van der Waals surface area contributed by atoms with E-state index in [-0.39, 0.29) is 12.4 Å². The summed E-state index contributed by atoms with van der Waals surface area (Å²) in [5, 5.41) is 2.68. The summed E-state index contributed by atoms with van der Waals surface area (Å²) in [5.41, 5.74) is 0.367. The first-order chi connectivity index (χ1) is 12.5. The number of hydrogen-bond acceptors (Lipinski definition) is 3. The lowest BCUT2D eigenvalue weighted by atomic mass is 9.79. The van der Waals surface area contributed by atoms with Gasteiger partial charge in [0, 0.05) is 10.2 Å². The van der Waals surface area contributed by atoms with Crippen molar-refractivity contribution in [1.29, 1.82) is 0 Å². The van der Waals surface area contributed by atoms with Crippen LogP contribution in [0.5, 0.6) is 0 Å². The van der Waals surface area contributed by atoms with Crippen molar-refractivity contribution in [2.75, 3.05) is 11.9 Å². The summed E-state index contributed by atoms with van der Waals surface area (Å²) in [4.78, 5) is 24.8. The Morgan fingerprint density at radius 1 is 1.12 bits per heavy atom. The first-order valence-electron chi connectivity index (χ1n) is 8.48. The zero-order chi connectivity index (χ0) is 18.6. The van der Waals surface area contributed by atoms with Crippen LogP contribution in [0.3, 0.4) is 0 Å². The van der Waals surface area contributed by atoms with Crippen molar-refractivity contribution in [3.8, 4) is 0 Å². The van der Waals surface area contributed by atoms with Gasteiger partial charge in [-0.15, -0.1) is 0 Å². The highest BCUT2D eigenvalue weighted by atomic mass is 79.9. The van der Waals surface area contributed by atoms with Crippen LogP contribution in [0, 0.1) is 5.82 Å². The Hall–Kier alpha value is -2.21. The van der Waals surface area contributed by atoms with E-state index in [1.54, 1.807) is 30.3 Å². The lowest BCUT2D eigenvalue weighted by Crippen LogP contribution is -2.36.